The maximum Gasteiger partial charge on any atom is 0.0984 e. The molecule has 4 saturated heterocycles. The zero-order valence-electron chi connectivity index (χ0n) is 17.8. The van der Waals surface area contributed by atoms with E-state index in [9.17, 15) is 0 Å². The summed E-state index contributed by atoms with van der Waals surface area (Å²) in [4.78, 5) is 2.44. The van der Waals surface area contributed by atoms with E-state index in [2.05, 4.69) is 46.6 Å². The first-order valence-electron chi connectivity index (χ1n) is 11.5. The van der Waals surface area contributed by atoms with Gasteiger partial charge >= 0.3 is 0 Å². The van der Waals surface area contributed by atoms with Crippen LogP contribution in [0.25, 0.3) is 0 Å². The highest BCUT2D eigenvalue weighted by Gasteiger charge is 2.34. The van der Waals surface area contributed by atoms with Gasteiger partial charge in [-0.2, -0.15) is 0 Å². The summed E-state index contributed by atoms with van der Waals surface area (Å²) >= 11 is 0. The molecule has 2 aromatic rings. The van der Waals surface area contributed by atoms with Crippen LogP contribution in [-0.2, 0) is 38.2 Å². The second-order valence-corrected chi connectivity index (χ2v) is 9.06. The first kappa shape index (κ1) is 19.6. The molecule has 2 aromatic carbocycles. The summed E-state index contributed by atoms with van der Waals surface area (Å²) < 4.78 is 22.5. The van der Waals surface area contributed by atoms with E-state index in [1.165, 1.54) is 22.4 Å². The molecule has 6 heteroatoms. The SMILES string of the molecule is c1ccc(NCN(CC2CO2)c2ccc(CC3CO3)c(CC3CO3)c2CC2CO2)cc1. The van der Waals surface area contributed by atoms with Crippen molar-refractivity contribution in [1.82, 2.24) is 0 Å². The Bertz CT molecular complexity index is 905. The Hall–Kier alpha value is -2.12. The van der Waals surface area contributed by atoms with Gasteiger partial charge < -0.3 is 29.2 Å². The van der Waals surface area contributed by atoms with Crippen molar-refractivity contribution >= 4 is 11.4 Å². The van der Waals surface area contributed by atoms with Gasteiger partial charge in [0.05, 0.1) is 57.5 Å². The topological polar surface area (TPSA) is 65.4 Å². The second-order valence-electron chi connectivity index (χ2n) is 9.06. The van der Waals surface area contributed by atoms with Crippen molar-refractivity contribution in [2.24, 2.45) is 0 Å². The van der Waals surface area contributed by atoms with Crippen molar-refractivity contribution in [3.8, 4) is 0 Å². The number of benzene rings is 2. The number of nitrogens with zero attached hydrogens (tertiary/aromatic N) is 1. The van der Waals surface area contributed by atoms with Crippen LogP contribution in [-0.4, -0.2) is 64.1 Å². The molecule has 4 aliphatic rings. The minimum absolute atomic E-state index is 0.317. The third kappa shape index (κ3) is 5.21. The lowest BCUT2D eigenvalue weighted by Crippen LogP contribution is -2.34. The summed E-state index contributed by atoms with van der Waals surface area (Å²) in [6.07, 6.45) is 4.33. The fourth-order valence-corrected chi connectivity index (χ4v) is 4.37. The quantitative estimate of drug-likeness (QED) is 0.419. The standard InChI is InChI=1S/C25H30N2O4/c1-2-4-18(5-3-1)26-16-27(11-22-15-31-22)25-7-6-17(8-19-12-28-19)23(9-20-13-29-20)24(25)10-21-14-30-21/h1-7,19-22,26H,8-16H2. The molecule has 4 fully saturated rings. The molecule has 4 heterocycles. The van der Waals surface area contributed by atoms with Crippen molar-refractivity contribution in [2.45, 2.75) is 43.7 Å². The van der Waals surface area contributed by atoms with Gasteiger partial charge in [0, 0.05) is 37.2 Å². The fraction of sp³-hybridized carbons (Fsp3) is 0.520. The summed E-state index contributed by atoms with van der Waals surface area (Å²) in [5.74, 6) is 0. The molecule has 4 atom stereocenters. The molecule has 31 heavy (non-hydrogen) atoms. The number of hydrogen-bond donors (Lipinski definition) is 1. The predicted octanol–water partition coefficient (Wildman–Crippen LogP) is 2.79. The fourth-order valence-electron chi connectivity index (χ4n) is 4.37. The Labute approximate surface area is 183 Å². The number of epoxide rings is 4. The summed E-state index contributed by atoms with van der Waals surface area (Å²) in [6, 6.07) is 15.0. The molecule has 0 bridgehead atoms. The highest BCUT2D eigenvalue weighted by atomic mass is 16.6. The van der Waals surface area contributed by atoms with Crippen molar-refractivity contribution < 1.29 is 18.9 Å². The Morgan fingerprint density at radius 3 is 1.97 bits per heavy atom. The predicted molar refractivity (Wildman–Crippen MR) is 119 cm³/mol. The van der Waals surface area contributed by atoms with E-state index in [-0.39, 0.29) is 0 Å². The highest BCUT2D eigenvalue weighted by molar-refractivity contribution is 5.61. The summed E-state index contributed by atoms with van der Waals surface area (Å²) in [5.41, 5.74) is 6.71. The molecule has 4 aliphatic heterocycles. The zero-order chi connectivity index (χ0) is 20.6. The summed E-state index contributed by atoms with van der Waals surface area (Å²) in [7, 11) is 0. The molecule has 0 spiro atoms. The average molecular weight is 423 g/mol. The molecule has 6 nitrogen and oxygen atoms in total. The molecule has 0 aliphatic carbocycles. The van der Waals surface area contributed by atoms with Gasteiger partial charge in [0.25, 0.3) is 0 Å². The van der Waals surface area contributed by atoms with Gasteiger partial charge in [-0.3, -0.25) is 0 Å². The number of nitrogens with one attached hydrogen (secondary N) is 1. The lowest BCUT2D eigenvalue weighted by molar-refractivity contribution is 0.397. The van der Waals surface area contributed by atoms with Gasteiger partial charge in [0.2, 0.25) is 0 Å². The van der Waals surface area contributed by atoms with Gasteiger partial charge in [0.1, 0.15) is 0 Å². The lowest BCUT2D eigenvalue weighted by atomic mass is 9.90. The maximum absolute atomic E-state index is 5.66. The van der Waals surface area contributed by atoms with Crippen molar-refractivity contribution in [3.05, 3.63) is 59.2 Å². The van der Waals surface area contributed by atoms with E-state index in [1.54, 1.807) is 0 Å². The van der Waals surface area contributed by atoms with Crippen LogP contribution >= 0.6 is 0 Å². The molecular formula is C25H30N2O4. The molecule has 4 unspecified atom stereocenters. The highest BCUT2D eigenvalue weighted by Crippen LogP contribution is 2.35. The number of para-hydroxylation sites is 1. The Balaban J connectivity index is 1.32. The van der Waals surface area contributed by atoms with Crippen molar-refractivity contribution in [1.29, 1.82) is 0 Å². The molecule has 0 amide bonds. The van der Waals surface area contributed by atoms with Crippen LogP contribution in [0.2, 0.25) is 0 Å². The smallest absolute Gasteiger partial charge is 0.0984 e. The monoisotopic (exact) mass is 422 g/mol. The zero-order valence-corrected chi connectivity index (χ0v) is 17.8. The third-order valence-corrected chi connectivity index (χ3v) is 6.44. The largest absolute Gasteiger partial charge is 0.373 e. The minimum Gasteiger partial charge on any atom is -0.373 e. The van der Waals surface area contributed by atoms with E-state index < -0.39 is 0 Å². The minimum atomic E-state index is 0.317. The van der Waals surface area contributed by atoms with Crippen LogP contribution in [0.4, 0.5) is 11.4 Å². The Kier molecular flexibility index (Phi) is 5.32. The van der Waals surface area contributed by atoms with Crippen LogP contribution in [0.15, 0.2) is 42.5 Å². The van der Waals surface area contributed by atoms with Crippen LogP contribution in [0.5, 0.6) is 0 Å². The van der Waals surface area contributed by atoms with Crippen LogP contribution < -0.4 is 10.2 Å². The normalized spacial score (nSPS) is 27.6. The van der Waals surface area contributed by atoms with E-state index in [1.807, 2.05) is 6.07 Å². The van der Waals surface area contributed by atoms with E-state index in [0.29, 0.717) is 24.4 Å². The van der Waals surface area contributed by atoms with Crippen molar-refractivity contribution in [2.75, 3.05) is 49.9 Å². The Morgan fingerprint density at radius 1 is 0.710 bits per heavy atom. The third-order valence-electron chi connectivity index (χ3n) is 6.44. The molecule has 0 radical (unpaired) electrons. The maximum atomic E-state index is 5.66. The molecule has 0 saturated carbocycles. The van der Waals surface area contributed by atoms with E-state index in [4.69, 9.17) is 18.9 Å². The van der Waals surface area contributed by atoms with Crippen LogP contribution in [0.1, 0.15) is 16.7 Å². The molecule has 6 rings (SSSR count). The number of rotatable bonds is 12. The molecule has 1 N–H and O–H groups in total. The average Bonchev–Trinajstić information content (AvgIpc) is 3.62. The van der Waals surface area contributed by atoms with Crippen LogP contribution in [0, 0.1) is 0 Å². The number of anilines is 2. The van der Waals surface area contributed by atoms with Gasteiger partial charge in [-0.05, 0) is 34.9 Å². The molecule has 0 aromatic heterocycles. The van der Waals surface area contributed by atoms with E-state index >= 15 is 0 Å². The number of hydrogen-bond acceptors (Lipinski definition) is 6. The summed E-state index contributed by atoms with van der Waals surface area (Å²) in [6.45, 7) is 5.10. The van der Waals surface area contributed by atoms with Gasteiger partial charge in [0.15, 0.2) is 0 Å². The lowest BCUT2D eigenvalue weighted by Gasteiger charge is -2.29. The van der Waals surface area contributed by atoms with Gasteiger partial charge in [-0.25, -0.2) is 0 Å². The van der Waals surface area contributed by atoms with Gasteiger partial charge in [-0.15, -0.1) is 0 Å². The summed E-state index contributed by atoms with van der Waals surface area (Å²) in [5, 5.41) is 3.60. The van der Waals surface area contributed by atoms with Gasteiger partial charge in [-0.1, -0.05) is 24.3 Å². The molecular weight excluding hydrogens is 392 g/mol. The van der Waals surface area contributed by atoms with Crippen molar-refractivity contribution in [3.63, 3.8) is 0 Å². The molecule has 164 valence electrons. The second kappa shape index (κ2) is 8.43. The first-order chi connectivity index (χ1) is 15.3. The number of ether oxygens (including phenoxy) is 4. The first-order valence-corrected chi connectivity index (χ1v) is 11.5. The van der Waals surface area contributed by atoms with Crippen LogP contribution in [0.3, 0.4) is 0 Å². The Morgan fingerprint density at radius 2 is 1.32 bits per heavy atom. The van der Waals surface area contributed by atoms with E-state index in [0.717, 1.165) is 64.6 Å².